The number of hydrogen-bond acceptors (Lipinski definition) is 4. The van der Waals surface area contributed by atoms with Gasteiger partial charge in [0.15, 0.2) is 0 Å². The van der Waals surface area contributed by atoms with E-state index in [-0.39, 0.29) is 11.3 Å². The lowest BCUT2D eigenvalue weighted by Crippen LogP contribution is -2.26. The summed E-state index contributed by atoms with van der Waals surface area (Å²) in [5.41, 5.74) is 4.00. The van der Waals surface area contributed by atoms with Gasteiger partial charge in [0, 0.05) is 17.0 Å². The van der Waals surface area contributed by atoms with Crippen molar-refractivity contribution in [2.75, 3.05) is 5.32 Å². The van der Waals surface area contributed by atoms with Crippen molar-refractivity contribution in [2.45, 2.75) is 66.8 Å². The average Bonchev–Trinajstić information content (AvgIpc) is 3.09. The molecule has 1 N–H and O–H groups in total. The second kappa shape index (κ2) is 8.00. The predicted octanol–water partition coefficient (Wildman–Crippen LogP) is 5.38. The minimum Gasteiger partial charge on any atom is -0.317 e. The van der Waals surface area contributed by atoms with E-state index in [1.807, 2.05) is 18.5 Å². The van der Waals surface area contributed by atoms with Crippen LogP contribution in [0.2, 0.25) is 0 Å². The Kier molecular flexibility index (Phi) is 6.02. The number of aryl methyl sites for hydroxylation is 2. The van der Waals surface area contributed by atoms with Crippen molar-refractivity contribution in [3.05, 3.63) is 31.9 Å². The number of hydrogen-bond donors (Lipinski definition) is 1. The van der Waals surface area contributed by atoms with Crippen LogP contribution >= 0.6 is 27.3 Å². The minimum atomic E-state index is -0.0776. The number of nitriles is 1. The number of fused-ring (bicyclic) bond motifs is 1. The van der Waals surface area contributed by atoms with Gasteiger partial charge in [0.25, 0.3) is 0 Å². The van der Waals surface area contributed by atoms with E-state index in [2.05, 4.69) is 53.2 Å². The molecule has 1 aliphatic carbocycles. The smallest absolute Gasteiger partial charge is 0.226 e. The first-order valence-corrected chi connectivity index (χ1v) is 11.3. The van der Waals surface area contributed by atoms with Crippen molar-refractivity contribution >= 4 is 38.2 Å². The molecule has 0 spiro atoms. The second-order valence-electron chi connectivity index (χ2n) is 8.63. The molecule has 0 unspecified atom stereocenters. The Bertz CT molecular complexity index is 945. The van der Waals surface area contributed by atoms with E-state index in [4.69, 9.17) is 0 Å². The van der Waals surface area contributed by atoms with Gasteiger partial charge in [-0.05, 0) is 65.9 Å². The molecule has 0 aliphatic heterocycles. The Balaban J connectivity index is 1.71. The van der Waals surface area contributed by atoms with Gasteiger partial charge in [-0.3, -0.25) is 9.48 Å². The summed E-state index contributed by atoms with van der Waals surface area (Å²) in [6.45, 7) is 11.3. The van der Waals surface area contributed by atoms with Gasteiger partial charge in [-0.15, -0.1) is 11.3 Å². The van der Waals surface area contributed by atoms with Crippen molar-refractivity contribution < 1.29 is 4.79 Å². The van der Waals surface area contributed by atoms with E-state index in [0.717, 1.165) is 40.7 Å². The molecule has 0 bridgehead atoms. The summed E-state index contributed by atoms with van der Waals surface area (Å²) in [5, 5.41) is 17.8. The highest BCUT2D eigenvalue weighted by Crippen LogP contribution is 2.44. The molecule has 1 aliphatic rings. The van der Waals surface area contributed by atoms with Gasteiger partial charge in [0.05, 0.1) is 22.3 Å². The third-order valence-electron chi connectivity index (χ3n) is 5.70. The summed E-state index contributed by atoms with van der Waals surface area (Å²) in [7, 11) is 0. The van der Waals surface area contributed by atoms with Gasteiger partial charge in [0.1, 0.15) is 11.1 Å². The summed E-state index contributed by atoms with van der Waals surface area (Å²) in [6, 6.07) is 2.33. The Labute approximate surface area is 179 Å². The number of rotatable bonds is 4. The van der Waals surface area contributed by atoms with E-state index >= 15 is 0 Å². The number of amides is 1. The molecule has 0 saturated carbocycles. The fourth-order valence-corrected chi connectivity index (χ4v) is 5.40. The average molecular weight is 463 g/mol. The van der Waals surface area contributed by atoms with Crippen molar-refractivity contribution in [1.82, 2.24) is 9.78 Å². The minimum absolute atomic E-state index is 0.0776. The molecule has 0 radical (unpaired) electrons. The molecule has 2 heterocycles. The number of nitrogens with zero attached hydrogens (tertiary/aromatic N) is 3. The van der Waals surface area contributed by atoms with Crippen LogP contribution < -0.4 is 5.32 Å². The molecular formula is C21H27BrN4OS. The van der Waals surface area contributed by atoms with Crippen LogP contribution in [-0.4, -0.2) is 15.7 Å². The Morgan fingerprint density at radius 1 is 1.43 bits per heavy atom. The Morgan fingerprint density at radius 2 is 2.14 bits per heavy atom. The normalized spacial score (nSPS) is 16.5. The zero-order valence-corrected chi connectivity index (χ0v) is 19.6. The number of carbonyl (C=O) groups excluding carboxylic acids is 1. The molecule has 28 heavy (non-hydrogen) atoms. The quantitative estimate of drug-likeness (QED) is 0.662. The van der Waals surface area contributed by atoms with Crippen molar-refractivity contribution in [3.8, 4) is 6.07 Å². The summed E-state index contributed by atoms with van der Waals surface area (Å²) in [6.07, 6.45) is 3.34. The highest BCUT2D eigenvalue weighted by molar-refractivity contribution is 9.10. The lowest BCUT2D eigenvalue weighted by atomic mass is 9.72. The van der Waals surface area contributed by atoms with Crippen LogP contribution in [0.3, 0.4) is 0 Å². The van der Waals surface area contributed by atoms with E-state index in [0.29, 0.717) is 29.4 Å². The van der Waals surface area contributed by atoms with Crippen LogP contribution in [0.1, 0.15) is 61.0 Å². The molecular weight excluding hydrogens is 436 g/mol. The predicted molar refractivity (Wildman–Crippen MR) is 117 cm³/mol. The Hall–Kier alpha value is -1.65. The first kappa shape index (κ1) is 21.1. The molecule has 2 aromatic rings. The number of thiophene rings is 1. The monoisotopic (exact) mass is 462 g/mol. The van der Waals surface area contributed by atoms with Crippen LogP contribution in [0, 0.1) is 36.5 Å². The Morgan fingerprint density at radius 3 is 2.71 bits per heavy atom. The fourth-order valence-electron chi connectivity index (χ4n) is 3.82. The lowest BCUT2D eigenvalue weighted by Gasteiger charge is -2.33. The molecule has 1 atom stereocenters. The van der Waals surface area contributed by atoms with Crippen LogP contribution in [0.5, 0.6) is 0 Å². The van der Waals surface area contributed by atoms with Crippen LogP contribution in [0.25, 0.3) is 0 Å². The zero-order valence-electron chi connectivity index (χ0n) is 17.1. The van der Waals surface area contributed by atoms with E-state index in [1.54, 1.807) is 11.3 Å². The van der Waals surface area contributed by atoms with E-state index < -0.39 is 0 Å². The maximum atomic E-state index is 12.5. The first-order chi connectivity index (χ1) is 13.1. The topological polar surface area (TPSA) is 70.7 Å². The molecule has 3 rings (SSSR count). The third kappa shape index (κ3) is 4.18. The fraction of sp³-hybridized carbons (Fsp3) is 0.571. The summed E-state index contributed by atoms with van der Waals surface area (Å²) >= 11 is 5.09. The highest BCUT2D eigenvalue weighted by Gasteiger charge is 2.32. The maximum Gasteiger partial charge on any atom is 0.226 e. The van der Waals surface area contributed by atoms with E-state index in [9.17, 15) is 10.1 Å². The van der Waals surface area contributed by atoms with Crippen LogP contribution in [0.4, 0.5) is 5.00 Å². The van der Waals surface area contributed by atoms with Gasteiger partial charge in [0.2, 0.25) is 5.91 Å². The number of carbonyl (C=O) groups is 1. The second-order valence-corrected chi connectivity index (χ2v) is 10.5. The van der Waals surface area contributed by atoms with Gasteiger partial charge in [-0.2, -0.15) is 10.4 Å². The molecule has 2 aromatic heterocycles. The molecule has 0 fully saturated rings. The van der Waals surface area contributed by atoms with Gasteiger partial charge in [-0.25, -0.2) is 0 Å². The summed E-state index contributed by atoms with van der Waals surface area (Å²) in [4.78, 5) is 13.8. The molecule has 1 amide bonds. The number of nitrogens with one attached hydrogen (secondary N) is 1. The number of anilines is 1. The number of aromatic nitrogens is 2. The molecule has 0 saturated heterocycles. The maximum absolute atomic E-state index is 12.5. The van der Waals surface area contributed by atoms with Gasteiger partial charge < -0.3 is 5.32 Å². The van der Waals surface area contributed by atoms with Gasteiger partial charge >= 0.3 is 0 Å². The third-order valence-corrected chi connectivity index (χ3v) is 8.02. The molecule has 0 aromatic carbocycles. The zero-order chi connectivity index (χ0) is 20.6. The lowest BCUT2D eigenvalue weighted by molar-refractivity contribution is -0.116. The summed E-state index contributed by atoms with van der Waals surface area (Å²) in [5.74, 6) is 0.532. The number of halogens is 1. The SMILES string of the molecule is Cc1nn(CCC(=O)Nc2sc3c(c2C#N)CC[C@@H](C(C)(C)C)C3)c(C)c1Br. The van der Waals surface area contributed by atoms with Crippen LogP contribution in [0.15, 0.2) is 4.47 Å². The van der Waals surface area contributed by atoms with Crippen molar-refractivity contribution in [1.29, 1.82) is 5.26 Å². The van der Waals surface area contributed by atoms with Gasteiger partial charge in [-0.1, -0.05) is 20.8 Å². The van der Waals surface area contributed by atoms with Crippen LogP contribution in [-0.2, 0) is 24.2 Å². The highest BCUT2D eigenvalue weighted by atomic mass is 79.9. The van der Waals surface area contributed by atoms with Crippen molar-refractivity contribution in [2.24, 2.45) is 11.3 Å². The first-order valence-electron chi connectivity index (χ1n) is 9.65. The standard InChI is InChI=1S/C21H27BrN4OS/c1-12-19(22)13(2)26(25-12)9-8-18(27)24-20-16(11-23)15-7-6-14(21(3,4)5)10-17(15)28-20/h14H,6-10H2,1-5H3,(H,24,27)/t14-/m1/s1. The molecule has 150 valence electrons. The van der Waals surface area contributed by atoms with E-state index in [1.165, 1.54) is 4.88 Å². The molecule has 7 heteroatoms. The summed E-state index contributed by atoms with van der Waals surface area (Å²) < 4.78 is 2.83. The molecule has 5 nitrogen and oxygen atoms in total. The van der Waals surface area contributed by atoms with Crippen molar-refractivity contribution in [3.63, 3.8) is 0 Å². The largest absolute Gasteiger partial charge is 0.317 e.